The molecule has 0 aliphatic carbocycles. The van der Waals surface area contributed by atoms with Crippen molar-refractivity contribution in [3.05, 3.63) is 11.1 Å². The Balaban J connectivity index is 2.43. The van der Waals surface area contributed by atoms with Crippen LogP contribution in [-0.4, -0.2) is 28.5 Å². The minimum atomic E-state index is 0.360. The van der Waals surface area contributed by atoms with E-state index in [9.17, 15) is 0 Å². The molecule has 0 N–H and O–H groups in total. The van der Waals surface area contributed by atoms with Crippen LogP contribution in [0.4, 0.5) is 0 Å². The Morgan fingerprint density at radius 3 is 2.62 bits per heavy atom. The van der Waals surface area contributed by atoms with Crippen molar-refractivity contribution >= 4 is 11.6 Å². The number of halogens is 1. The third-order valence-corrected chi connectivity index (χ3v) is 2.76. The second-order valence-corrected chi connectivity index (χ2v) is 4.53. The predicted molar refractivity (Wildman–Crippen MR) is 64.8 cm³/mol. The zero-order valence-corrected chi connectivity index (χ0v) is 11.0. The highest BCUT2D eigenvalue weighted by atomic mass is 35.5. The van der Waals surface area contributed by atoms with E-state index in [0.29, 0.717) is 11.2 Å². The van der Waals surface area contributed by atoms with E-state index in [1.807, 2.05) is 4.57 Å². The van der Waals surface area contributed by atoms with Crippen LogP contribution in [0.25, 0.3) is 0 Å². The number of ether oxygens (including phenoxy) is 1. The lowest BCUT2D eigenvalue weighted by molar-refractivity contribution is 0.191. The fraction of sp³-hybridized carbons (Fsp3) is 0.818. The van der Waals surface area contributed by atoms with Gasteiger partial charge < -0.3 is 9.30 Å². The molecule has 5 heteroatoms. The molecule has 0 unspecified atom stereocenters. The Labute approximate surface area is 102 Å². The fourth-order valence-electron chi connectivity index (χ4n) is 1.62. The molecule has 1 rings (SSSR count). The Morgan fingerprint density at radius 1 is 1.25 bits per heavy atom. The summed E-state index contributed by atoms with van der Waals surface area (Å²) >= 11 is 5.99. The van der Waals surface area contributed by atoms with E-state index in [1.54, 1.807) is 7.11 Å². The molecule has 0 atom stereocenters. The number of nitrogens with zero attached hydrogens (tertiary/aromatic N) is 3. The normalized spacial score (nSPS) is 11.3. The SMILES string of the molecule is COCCCCCn1c(Cl)nnc1C(C)C. The number of hydrogen-bond acceptors (Lipinski definition) is 3. The average Bonchev–Trinajstić information content (AvgIpc) is 2.60. The molecule has 0 aromatic carbocycles. The molecule has 0 saturated carbocycles. The molecule has 4 nitrogen and oxygen atoms in total. The van der Waals surface area contributed by atoms with Gasteiger partial charge in [-0.15, -0.1) is 10.2 Å². The van der Waals surface area contributed by atoms with Gasteiger partial charge in [-0.2, -0.15) is 0 Å². The third kappa shape index (κ3) is 3.76. The largest absolute Gasteiger partial charge is 0.385 e. The van der Waals surface area contributed by atoms with E-state index in [0.717, 1.165) is 38.2 Å². The summed E-state index contributed by atoms with van der Waals surface area (Å²) in [5.41, 5.74) is 0. The van der Waals surface area contributed by atoms with Gasteiger partial charge in [0.05, 0.1) is 0 Å². The minimum absolute atomic E-state index is 0.360. The summed E-state index contributed by atoms with van der Waals surface area (Å²) < 4.78 is 7.01. The summed E-state index contributed by atoms with van der Waals surface area (Å²) in [6, 6.07) is 0. The first-order chi connectivity index (χ1) is 7.66. The quantitative estimate of drug-likeness (QED) is 0.694. The topological polar surface area (TPSA) is 39.9 Å². The molecule has 1 heterocycles. The van der Waals surface area contributed by atoms with Crippen LogP contribution >= 0.6 is 11.6 Å². The van der Waals surface area contributed by atoms with Crippen molar-refractivity contribution in [2.24, 2.45) is 0 Å². The molecule has 1 aromatic rings. The Kier molecular flexibility index (Phi) is 5.77. The van der Waals surface area contributed by atoms with Crippen molar-refractivity contribution in [1.29, 1.82) is 0 Å². The third-order valence-electron chi connectivity index (χ3n) is 2.48. The van der Waals surface area contributed by atoms with Crippen LogP contribution in [0.5, 0.6) is 0 Å². The van der Waals surface area contributed by atoms with Gasteiger partial charge in [-0.3, -0.25) is 0 Å². The van der Waals surface area contributed by atoms with Gasteiger partial charge in [0.2, 0.25) is 5.28 Å². The number of methoxy groups -OCH3 is 1. The molecular formula is C11H20ClN3O. The smallest absolute Gasteiger partial charge is 0.225 e. The van der Waals surface area contributed by atoms with E-state index < -0.39 is 0 Å². The number of aromatic nitrogens is 3. The first-order valence-corrected chi connectivity index (χ1v) is 6.12. The van der Waals surface area contributed by atoms with Crippen LogP contribution in [0.2, 0.25) is 5.28 Å². The van der Waals surface area contributed by atoms with Gasteiger partial charge in [-0.25, -0.2) is 0 Å². The lowest BCUT2D eigenvalue weighted by Gasteiger charge is -2.09. The van der Waals surface area contributed by atoms with Crippen molar-refractivity contribution in [2.75, 3.05) is 13.7 Å². The van der Waals surface area contributed by atoms with E-state index in [-0.39, 0.29) is 0 Å². The molecule has 92 valence electrons. The first-order valence-electron chi connectivity index (χ1n) is 5.74. The van der Waals surface area contributed by atoms with Crippen LogP contribution in [0.1, 0.15) is 44.9 Å². The highest BCUT2D eigenvalue weighted by Crippen LogP contribution is 2.17. The second-order valence-electron chi connectivity index (χ2n) is 4.19. The van der Waals surface area contributed by atoms with Crippen molar-refractivity contribution in [1.82, 2.24) is 14.8 Å². The van der Waals surface area contributed by atoms with Crippen molar-refractivity contribution in [3.8, 4) is 0 Å². The fourth-order valence-corrected chi connectivity index (χ4v) is 1.83. The van der Waals surface area contributed by atoms with Gasteiger partial charge in [-0.05, 0) is 30.9 Å². The lowest BCUT2D eigenvalue weighted by Crippen LogP contribution is -2.06. The van der Waals surface area contributed by atoms with Gasteiger partial charge in [0, 0.05) is 26.2 Å². The average molecular weight is 246 g/mol. The number of rotatable bonds is 7. The highest BCUT2D eigenvalue weighted by molar-refractivity contribution is 6.28. The zero-order chi connectivity index (χ0) is 12.0. The van der Waals surface area contributed by atoms with E-state index in [1.165, 1.54) is 0 Å². The second kappa shape index (κ2) is 6.86. The summed E-state index contributed by atoms with van der Waals surface area (Å²) in [6.07, 6.45) is 3.31. The van der Waals surface area contributed by atoms with Crippen LogP contribution in [-0.2, 0) is 11.3 Å². The maximum Gasteiger partial charge on any atom is 0.225 e. The minimum Gasteiger partial charge on any atom is -0.385 e. The zero-order valence-electron chi connectivity index (χ0n) is 10.2. The monoisotopic (exact) mass is 245 g/mol. The summed E-state index contributed by atoms with van der Waals surface area (Å²) in [6.45, 7) is 5.92. The maximum absolute atomic E-state index is 5.99. The Morgan fingerprint density at radius 2 is 2.00 bits per heavy atom. The van der Waals surface area contributed by atoms with Gasteiger partial charge in [0.1, 0.15) is 5.82 Å². The molecule has 0 saturated heterocycles. The number of hydrogen-bond donors (Lipinski definition) is 0. The first kappa shape index (κ1) is 13.5. The molecule has 1 aromatic heterocycles. The van der Waals surface area contributed by atoms with Crippen LogP contribution in [0.3, 0.4) is 0 Å². The summed E-state index contributed by atoms with van der Waals surface area (Å²) in [7, 11) is 1.73. The molecule has 0 bridgehead atoms. The molecule has 0 spiro atoms. The summed E-state index contributed by atoms with van der Waals surface area (Å²) in [5, 5.41) is 8.49. The summed E-state index contributed by atoms with van der Waals surface area (Å²) in [5.74, 6) is 1.33. The molecule has 0 amide bonds. The van der Waals surface area contributed by atoms with Gasteiger partial charge in [0.15, 0.2) is 0 Å². The molecule has 0 aliphatic rings. The van der Waals surface area contributed by atoms with Crippen molar-refractivity contribution in [3.63, 3.8) is 0 Å². The van der Waals surface area contributed by atoms with Crippen LogP contribution in [0, 0.1) is 0 Å². The van der Waals surface area contributed by atoms with E-state index in [4.69, 9.17) is 16.3 Å². The van der Waals surface area contributed by atoms with Gasteiger partial charge in [0.25, 0.3) is 0 Å². The van der Waals surface area contributed by atoms with Crippen LogP contribution < -0.4 is 0 Å². The van der Waals surface area contributed by atoms with Crippen molar-refractivity contribution in [2.45, 2.75) is 45.6 Å². The molecule has 0 fully saturated rings. The molecule has 16 heavy (non-hydrogen) atoms. The van der Waals surface area contributed by atoms with E-state index in [2.05, 4.69) is 24.0 Å². The van der Waals surface area contributed by atoms with E-state index >= 15 is 0 Å². The van der Waals surface area contributed by atoms with Gasteiger partial charge in [-0.1, -0.05) is 13.8 Å². The number of unbranched alkanes of at least 4 members (excludes halogenated alkanes) is 2. The molecule has 0 radical (unpaired) electrons. The summed E-state index contributed by atoms with van der Waals surface area (Å²) in [4.78, 5) is 0. The Bertz CT molecular complexity index is 312. The highest BCUT2D eigenvalue weighted by Gasteiger charge is 2.12. The lowest BCUT2D eigenvalue weighted by atomic mass is 10.2. The standard InChI is InChI=1S/C11H20ClN3O/c1-9(2)10-13-14-11(12)15(10)7-5-4-6-8-16-3/h9H,4-8H2,1-3H3. The molecule has 0 aliphatic heterocycles. The van der Waals surface area contributed by atoms with Crippen LogP contribution in [0.15, 0.2) is 0 Å². The Hall–Kier alpha value is -0.610. The maximum atomic E-state index is 5.99. The predicted octanol–water partition coefficient (Wildman–Crippen LogP) is 2.87. The van der Waals surface area contributed by atoms with Crippen molar-refractivity contribution < 1.29 is 4.74 Å². The molecular weight excluding hydrogens is 226 g/mol. The van der Waals surface area contributed by atoms with Gasteiger partial charge >= 0.3 is 0 Å².